The van der Waals surface area contributed by atoms with Crippen LogP contribution in [-0.2, 0) is 17.8 Å². The quantitative estimate of drug-likeness (QED) is 0.433. The third kappa shape index (κ3) is 4.38. The summed E-state index contributed by atoms with van der Waals surface area (Å²) in [6.45, 7) is 1.18. The highest BCUT2D eigenvalue weighted by atomic mass is 16.4. The van der Waals surface area contributed by atoms with E-state index < -0.39 is 5.76 Å². The third-order valence-electron chi connectivity index (χ3n) is 6.09. The first-order chi connectivity index (χ1) is 16.4. The lowest BCUT2D eigenvalue weighted by molar-refractivity contribution is -0.116. The van der Waals surface area contributed by atoms with Crippen LogP contribution in [-0.4, -0.2) is 45.6 Å². The van der Waals surface area contributed by atoms with Crippen molar-refractivity contribution < 1.29 is 9.21 Å². The minimum absolute atomic E-state index is 0.0374. The summed E-state index contributed by atoms with van der Waals surface area (Å²) in [5, 5.41) is 3.51. The van der Waals surface area contributed by atoms with E-state index in [1.54, 1.807) is 33.4 Å². The van der Waals surface area contributed by atoms with Crippen LogP contribution >= 0.6 is 0 Å². The third-order valence-corrected chi connectivity index (χ3v) is 6.09. The Hall–Kier alpha value is -3.72. The Kier molecular flexibility index (Phi) is 5.79. The van der Waals surface area contributed by atoms with Crippen LogP contribution < -0.4 is 16.6 Å². The highest BCUT2D eigenvalue weighted by Crippen LogP contribution is 2.35. The fraction of sp³-hybridized carbons (Fsp3) is 0.360. The van der Waals surface area contributed by atoms with Gasteiger partial charge in [-0.2, -0.15) is 0 Å². The van der Waals surface area contributed by atoms with Crippen molar-refractivity contribution in [2.45, 2.75) is 38.3 Å². The number of amides is 1. The monoisotopic (exact) mass is 461 g/mol. The molecule has 2 aromatic carbocycles. The Morgan fingerprint density at radius 3 is 2.74 bits per heavy atom. The summed E-state index contributed by atoms with van der Waals surface area (Å²) in [4.78, 5) is 44.6. The van der Waals surface area contributed by atoms with Gasteiger partial charge < -0.3 is 14.6 Å². The molecule has 9 heteroatoms. The molecule has 9 nitrogen and oxygen atoms in total. The number of likely N-dealkylation sites (N-methyl/N-ethyl adjacent to an activating group) is 1. The molecule has 0 unspecified atom stereocenters. The maximum absolute atomic E-state index is 13.0. The number of fused-ring (bicyclic) bond motifs is 2. The Bertz CT molecular complexity index is 1490. The van der Waals surface area contributed by atoms with E-state index in [0.717, 1.165) is 12.8 Å². The summed E-state index contributed by atoms with van der Waals surface area (Å²) in [5.74, 6) is 0.0414. The van der Waals surface area contributed by atoms with Crippen molar-refractivity contribution in [3.63, 3.8) is 0 Å². The molecule has 0 atom stereocenters. The van der Waals surface area contributed by atoms with Crippen molar-refractivity contribution in [2.24, 2.45) is 0 Å². The van der Waals surface area contributed by atoms with Gasteiger partial charge >= 0.3 is 5.76 Å². The first-order valence-corrected chi connectivity index (χ1v) is 11.5. The smallest absolute Gasteiger partial charge is 0.408 e. The van der Waals surface area contributed by atoms with Crippen LogP contribution in [0.4, 0.5) is 5.69 Å². The van der Waals surface area contributed by atoms with Crippen LogP contribution in [0, 0.1) is 0 Å². The van der Waals surface area contributed by atoms with Crippen molar-refractivity contribution in [2.75, 3.05) is 26.0 Å². The summed E-state index contributed by atoms with van der Waals surface area (Å²) < 4.78 is 8.65. The molecule has 34 heavy (non-hydrogen) atoms. The zero-order chi connectivity index (χ0) is 23.8. The SMILES string of the molecule is CN(C)CCn1c(=O)oc2ccc(NC(=O)CCc3nc4ccccc4c(=O)n3C3CC3)cc21. The largest absolute Gasteiger partial charge is 0.419 e. The van der Waals surface area contributed by atoms with Gasteiger partial charge in [0.2, 0.25) is 5.91 Å². The van der Waals surface area contributed by atoms with Crippen molar-refractivity contribution in [3.05, 3.63) is 69.2 Å². The van der Waals surface area contributed by atoms with Crippen LogP contribution in [0.2, 0.25) is 0 Å². The van der Waals surface area contributed by atoms with Crippen LogP contribution in [0.1, 0.15) is 31.1 Å². The van der Waals surface area contributed by atoms with Gasteiger partial charge in [-0.15, -0.1) is 0 Å². The molecule has 0 radical (unpaired) electrons. The van der Waals surface area contributed by atoms with Gasteiger partial charge in [0.05, 0.1) is 16.4 Å². The second-order valence-electron chi connectivity index (χ2n) is 9.01. The predicted octanol–water partition coefficient (Wildman–Crippen LogP) is 2.77. The van der Waals surface area contributed by atoms with E-state index >= 15 is 0 Å². The van der Waals surface area contributed by atoms with Gasteiger partial charge in [0, 0.05) is 37.7 Å². The molecule has 0 spiro atoms. The molecule has 1 amide bonds. The molecule has 0 aliphatic heterocycles. The van der Waals surface area contributed by atoms with Gasteiger partial charge in [-0.1, -0.05) is 12.1 Å². The maximum atomic E-state index is 13.0. The average Bonchev–Trinajstić information content (AvgIpc) is 3.59. The summed E-state index contributed by atoms with van der Waals surface area (Å²) in [7, 11) is 3.87. The second-order valence-corrected chi connectivity index (χ2v) is 9.01. The number of rotatable bonds is 8. The van der Waals surface area contributed by atoms with Crippen LogP contribution in [0.25, 0.3) is 22.0 Å². The van der Waals surface area contributed by atoms with Gasteiger partial charge in [0.15, 0.2) is 5.58 Å². The highest BCUT2D eigenvalue weighted by Gasteiger charge is 2.28. The molecule has 1 N–H and O–H groups in total. The van der Waals surface area contributed by atoms with Gasteiger partial charge in [-0.3, -0.25) is 18.7 Å². The number of benzene rings is 2. The number of nitrogens with zero attached hydrogens (tertiary/aromatic N) is 4. The van der Waals surface area contributed by atoms with E-state index in [-0.39, 0.29) is 23.9 Å². The summed E-state index contributed by atoms with van der Waals surface area (Å²) in [6, 6.07) is 12.6. The lowest BCUT2D eigenvalue weighted by Crippen LogP contribution is -2.25. The highest BCUT2D eigenvalue weighted by molar-refractivity contribution is 5.93. The number of carbonyl (C=O) groups excluding carboxylic acids is 1. The molecular formula is C25H27N5O4. The van der Waals surface area contributed by atoms with Crippen molar-refractivity contribution >= 4 is 33.6 Å². The van der Waals surface area contributed by atoms with E-state index in [2.05, 4.69) is 5.32 Å². The number of aromatic nitrogens is 3. The van der Waals surface area contributed by atoms with E-state index in [0.29, 0.717) is 53.0 Å². The maximum Gasteiger partial charge on any atom is 0.419 e. The topological polar surface area (TPSA) is 102 Å². The van der Waals surface area contributed by atoms with E-state index in [9.17, 15) is 14.4 Å². The van der Waals surface area contributed by atoms with Crippen LogP contribution in [0.3, 0.4) is 0 Å². The molecule has 2 aromatic heterocycles. The van der Waals surface area contributed by atoms with Gasteiger partial charge in [-0.25, -0.2) is 9.78 Å². The van der Waals surface area contributed by atoms with Crippen molar-refractivity contribution in [1.82, 2.24) is 19.0 Å². The second kappa shape index (κ2) is 8.90. The van der Waals surface area contributed by atoms with Crippen LogP contribution in [0.15, 0.2) is 56.5 Å². The number of nitrogens with one attached hydrogen (secondary N) is 1. The number of para-hydroxylation sites is 1. The van der Waals surface area contributed by atoms with Crippen LogP contribution in [0.5, 0.6) is 0 Å². The Labute approximate surface area is 195 Å². The molecule has 0 saturated heterocycles. The molecule has 0 bridgehead atoms. The van der Waals surface area contributed by atoms with Gasteiger partial charge in [-0.05, 0) is 57.3 Å². The van der Waals surface area contributed by atoms with E-state index in [4.69, 9.17) is 9.40 Å². The summed E-state index contributed by atoms with van der Waals surface area (Å²) in [6.07, 6.45) is 2.47. The fourth-order valence-corrected chi connectivity index (χ4v) is 4.18. The predicted molar refractivity (Wildman–Crippen MR) is 130 cm³/mol. The summed E-state index contributed by atoms with van der Waals surface area (Å²) >= 11 is 0. The molecule has 1 aliphatic carbocycles. The number of anilines is 1. The summed E-state index contributed by atoms with van der Waals surface area (Å²) in [5.41, 5.74) is 2.33. The fourth-order valence-electron chi connectivity index (χ4n) is 4.18. The first-order valence-electron chi connectivity index (χ1n) is 11.5. The Balaban J connectivity index is 1.34. The van der Waals surface area contributed by atoms with Gasteiger partial charge in [0.25, 0.3) is 5.56 Å². The lowest BCUT2D eigenvalue weighted by atomic mass is 10.2. The minimum atomic E-state index is -0.416. The van der Waals surface area contributed by atoms with Gasteiger partial charge in [0.1, 0.15) is 5.82 Å². The molecule has 5 rings (SSSR count). The number of carbonyl (C=O) groups is 1. The molecule has 1 aliphatic rings. The molecule has 1 fully saturated rings. The standard InChI is InChI=1S/C25H27N5O4/c1-28(2)13-14-29-20-15-16(7-10-21(20)34-25(29)33)26-23(31)12-11-22-27-19-6-4-3-5-18(19)24(32)30(22)17-8-9-17/h3-7,10,15,17H,8-9,11-14H2,1-2H3,(H,26,31). The first kappa shape index (κ1) is 22.1. The molecule has 176 valence electrons. The lowest BCUT2D eigenvalue weighted by Gasteiger charge is -2.13. The number of aryl methyl sites for hydroxylation is 1. The van der Waals surface area contributed by atoms with Crippen molar-refractivity contribution in [3.8, 4) is 0 Å². The van der Waals surface area contributed by atoms with E-state index in [1.165, 1.54) is 0 Å². The Morgan fingerprint density at radius 2 is 1.97 bits per heavy atom. The normalized spacial score (nSPS) is 13.7. The van der Waals surface area contributed by atoms with Crippen molar-refractivity contribution in [1.29, 1.82) is 0 Å². The molecule has 4 aromatic rings. The number of oxazole rings is 1. The zero-order valence-electron chi connectivity index (χ0n) is 19.3. The molecule has 2 heterocycles. The average molecular weight is 462 g/mol. The number of hydrogen-bond donors (Lipinski definition) is 1. The minimum Gasteiger partial charge on any atom is -0.408 e. The zero-order valence-corrected chi connectivity index (χ0v) is 19.3. The molecular weight excluding hydrogens is 434 g/mol. The number of hydrogen-bond acceptors (Lipinski definition) is 6. The Morgan fingerprint density at radius 1 is 1.18 bits per heavy atom. The molecule has 1 saturated carbocycles. The van der Waals surface area contributed by atoms with E-state index in [1.807, 2.05) is 37.2 Å².